The van der Waals surface area contributed by atoms with Crippen molar-refractivity contribution in [3.63, 3.8) is 0 Å². The minimum Gasteiger partial charge on any atom is -0.447 e. The van der Waals surface area contributed by atoms with E-state index in [-0.39, 0.29) is 29.4 Å². The molecular weight excluding hydrogens is 331 g/mol. The van der Waals surface area contributed by atoms with Crippen LogP contribution >= 0.6 is 0 Å². The normalized spacial score (nSPS) is 13.4. The summed E-state index contributed by atoms with van der Waals surface area (Å²) in [6.45, 7) is 10.1. The predicted octanol–water partition coefficient (Wildman–Crippen LogP) is 3.28. The molecule has 1 aromatic heterocycles. The molecule has 1 amide bonds. The summed E-state index contributed by atoms with van der Waals surface area (Å²) in [6, 6.07) is 1.12. The van der Waals surface area contributed by atoms with Crippen molar-refractivity contribution in [3.8, 4) is 0 Å². The van der Waals surface area contributed by atoms with Gasteiger partial charge >= 0.3 is 6.09 Å². The standard InChI is InChI=1S/C16H25FN2O4Si/c1-16(2,3)24(4,5)23-13(10-22-15(18)21)7-14(20)11-6-12(17)9-19-8-11/h6,8-9,13H,7,10H2,1-5H3,(H2,18,21). The highest BCUT2D eigenvalue weighted by Crippen LogP contribution is 2.37. The van der Waals surface area contributed by atoms with Crippen molar-refractivity contribution in [3.05, 3.63) is 29.8 Å². The fourth-order valence-electron chi connectivity index (χ4n) is 1.79. The van der Waals surface area contributed by atoms with Crippen LogP contribution in [0.1, 0.15) is 37.6 Å². The summed E-state index contributed by atoms with van der Waals surface area (Å²) in [6.07, 6.45) is 0.693. The lowest BCUT2D eigenvalue weighted by molar-refractivity contribution is 0.0643. The molecule has 0 fully saturated rings. The summed E-state index contributed by atoms with van der Waals surface area (Å²) in [5.74, 6) is -0.921. The first-order valence-corrected chi connectivity index (χ1v) is 10.6. The van der Waals surface area contributed by atoms with Crippen LogP contribution in [0.3, 0.4) is 0 Å². The van der Waals surface area contributed by atoms with Crippen LogP contribution in [-0.4, -0.2) is 37.9 Å². The Kier molecular flexibility index (Phi) is 6.62. The molecule has 1 heterocycles. The molecule has 0 aliphatic rings. The maximum atomic E-state index is 13.2. The Bertz CT molecular complexity index is 602. The van der Waals surface area contributed by atoms with Crippen molar-refractivity contribution in [1.82, 2.24) is 4.98 Å². The zero-order chi connectivity index (χ0) is 18.5. The van der Waals surface area contributed by atoms with Gasteiger partial charge in [-0.25, -0.2) is 9.18 Å². The number of primary amides is 1. The zero-order valence-electron chi connectivity index (χ0n) is 14.8. The molecule has 0 aromatic carbocycles. The number of aromatic nitrogens is 1. The van der Waals surface area contributed by atoms with E-state index in [4.69, 9.17) is 14.9 Å². The number of carbonyl (C=O) groups is 2. The lowest BCUT2D eigenvalue weighted by Crippen LogP contribution is -2.46. The third kappa shape index (κ3) is 6.01. The third-order valence-corrected chi connectivity index (χ3v) is 8.65. The lowest BCUT2D eigenvalue weighted by atomic mass is 10.1. The van der Waals surface area contributed by atoms with Gasteiger partial charge in [0.2, 0.25) is 0 Å². The van der Waals surface area contributed by atoms with Crippen molar-refractivity contribution in [2.45, 2.75) is 51.4 Å². The summed E-state index contributed by atoms with van der Waals surface area (Å²) in [7, 11) is -2.19. The Morgan fingerprint density at radius 2 is 1.96 bits per heavy atom. The largest absolute Gasteiger partial charge is 0.447 e. The predicted molar refractivity (Wildman–Crippen MR) is 90.7 cm³/mol. The fourth-order valence-corrected chi connectivity index (χ4v) is 3.13. The number of halogens is 1. The second-order valence-electron chi connectivity index (χ2n) is 7.15. The molecule has 1 aromatic rings. The number of carbonyl (C=O) groups excluding carboxylic acids is 2. The molecule has 6 nitrogen and oxygen atoms in total. The Balaban J connectivity index is 2.89. The van der Waals surface area contributed by atoms with Gasteiger partial charge in [-0.1, -0.05) is 20.8 Å². The topological polar surface area (TPSA) is 91.5 Å². The van der Waals surface area contributed by atoms with E-state index in [1.54, 1.807) is 0 Å². The Morgan fingerprint density at radius 1 is 1.33 bits per heavy atom. The van der Waals surface area contributed by atoms with Crippen LogP contribution in [0.4, 0.5) is 9.18 Å². The molecule has 0 radical (unpaired) electrons. The number of rotatable bonds is 7. The number of amides is 1. The van der Waals surface area contributed by atoms with E-state index in [9.17, 15) is 14.0 Å². The van der Waals surface area contributed by atoms with Crippen LogP contribution in [0.25, 0.3) is 0 Å². The molecular formula is C16H25FN2O4Si. The van der Waals surface area contributed by atoms with Crippen molar-refractivity contribution in [2.24, 2.45) is 5.73 Å². The van der Waals surface area contributed by atoms with Gasteiger partial charge in [-0.15, -0.1) is 0 Å². The maximum Gasteiger partial charge on any atom is 0.404 e. The molecule has 1 unspecified atom stereocenters. The van der Waals surface area contributed by atoms with Crippen LogP contribution in [0, 0.1) is 5.82 Å². The summed E-state index contributed by atoms with van der Waals surface area (Å²) in [4.78, 5) is 26.9. The highest BCUT2D eigenvalue weighted by atomic mass is 28.4. The highest BCUT2D eigenvalue weighted by Gasteiger charge is 2.39. The smallest absolute Gasteiger partial charge is 0.404 e. The van der Waals surface area contributed by atoms with Crippen LogP contribution < -0.4 is 5.73 Å². The average molecular weight is 356 g/mol. The van der Waals surface area contributed by atoms with Crippen LogP contribution in [0.15, 0.2) is 18.5 Å². The van der Waals surface area contributed by atoms with E-state index in [2.05, 4.69) is 25.8 Å². The first-order chi connectivity index (χ1) is 10.9. The number of Topliss-reactive ketones (excluding diaryl/α,β-unsaturated/α-hetero) is 1. The van der Waals surface area contributed by atoms with Gasteiger partial charge in [-0.3, -0.25) is 9.78 Å². The molecule has 0 bridgehead atoms. The zero-order valence-corrected chi connectivity index (χ0v) is 15.8. The first kappa shape index (κ1) is 20.2. The quantitative estimate of drug-likeness (QED) is 0.598. The van der Waals surface area contributed by atoms with Crippen molar-refractivity contribution in [1.29, 1.82) is 0 Å². The molecule has 0 saturated carbocycles. The Hall–Kier alpha value is -1.80. The molecule has 8 heteroatoms. The molecule has 24 heavy (non-hydrogen) atoms. The third-order valence-electron chi connectivity index (χ3n) is 4.12. The highest BCUT2D eigenvalue weighted by molar-refractivity contribution is 6.74. The van der Waals surface area contributed by atoms with E-state index in [1.165, 1.54) is 6.20 Å². The molecule has 134 valence electrons. The first-order valence-electron chi connectivity index (χ1n) is 7.66. The van der Waals surface area contributed by atoms with Crippen molar-refractivity contribution < 1.29 is 23.1 Å². The maximum absolute atomic E-state index is 13.2. The van der Waals surface area contributed by atoms with Gasteiger partial charge in [-0.05, 0) is 24.2 Å². The minimum absolute atomic E-state index is 0.0507. The average Bonchev–Trinajstić information content (AvgIpc) is 2.43. The van der Waals surface area contributed by atoms with Gasteiger partial charge in [0.15, 0.2) is 14.1 Å². The molecule has 1 rings (SSSR count). The Morgan fingerprint density at radius 3 is 2.46 bits per heavy atom. The number of nitrogens with two attached hydrogens (primary N) is 1. The van der Waals surface area contributed by atoms with E-state index >= 15 is 0 Å². The van der Waals surface area contributed by atoms with Crippen LogP contribution in [-0.2, 0) is 9.16 Å². The van der Waals surface area contributed by atoms with E-state index in [0.717, 1.165) is 12.3 Å². The monoisotopic (exact) mass is 356 g/mol. The second kappa shape index (κ2) is 7.85. The van der Waals surface area contributed by atoms with Crippen molar-refractivity contribution in [2.75, 3.05) is 6.61 Å². The second-order valence-corrected chi connectivity index (χ2v) is 11.9. The van der Waals surface area contributed by atoms with Gasteiger partial charge in [0.05, 0.1) is 12.3 Å². The molecule has 1 atom stereocenters. The van der Waals surface area contributed by atoms with Gasteiger partial charge in [0.25, 0.3) is 0 Å². The molecule has 0 spiro atoms. The minimum atomic E-state index is -2.19. The van der Waals surface area contributed by atoms with Crippen molar-refractivity contribution >= 4 is 20.2 Å². The fraction of sp³-hybridized carbons (Fsp3) is 0.562. The van der Waals surface area contributed by atoms with Crippen LogP contribution in [0.2, 0.25) is 18.1 Å². The number of hydrogen-bond acceptors (Lipinski definition) is 5. The Labute approximate surface area is 142 Å². The molecule has 0 aliphatic heterocycles. The lowest BCUT2D eigenvalue weighted by Gasteiger charge is -2.39. The number of ether oxygens (including phenoxy) is 1. The molecule has 2 N–H and O–H groups in total. The number of pyridine rings is 1. The summed E-state index contributed by atoms with van der Waals surface area (Å²) in [5.41, 5.74) is 5.15. The van der Waals surface area contributed by atoms with Gasteiger partial charge in [-0.2, -0.15) is 0 Å². The van der Waals surface area contributed by atoms with E-state index in [1.807, 2.05) is 13.1 Å². The molecule has 0 saturated heterocycles. The number of ketones is 1. The van der Waals surface area contributed by atoms with Gasteiger partial charge < -0.3 is 14.9 Å². The SMILES string of the molecule is CC(C)(C)[Si](C)(C)OC(COC(N)=O)CC(=O)c1cncc(F)c1. The molecule has 0 aliphatic carbocycles. The van der Waals surface area contributed by atoms with Gasteiger partial charge in [0, 0.05) is 18.2 Å². The van der Waals surface area contributed by atoms with Gasteiger partial charge in [0.1, 0.15) is 12.4 Å². The van der Waals surface area contributed by atoms with Crippen LogP contribution in [0.5, 0.6) is 0 Å². The summed E-state index contributed by atoms with van der Waals surface area (Å²) >= 11 is 0. The van der Waals surface area contributed by atoms with E-state index in [0.29, 0.717) is 0 Å². The summed E-state index contributed by atoms with van der Waals surface area (Å²) in [5, 5.41) is -0.0819. The summed E-state index contributed by atoms with van der Waals surface area (Å²) < 4.78 is 24.2. The van der Waals surface area contributed by atoms with E-state index < -0.39 is 26.3 Å². The number of hydrogen-bond donors (Lipinski definition) is 1. The number of nitrogens with zero attached hydrogens (tertiary/aromatic N) is 1.